The van der Waals surface area contributed by atoms with Crippen LogP contribution in [-0.4, -0.2) is 22.9 Å². The Morgan fingerprint density at radius 2 is 1.88 bits per heavy atom. The minimum atomic E-state index is -0.327. The summed E-state index contributed by atoms with van der Waals surface area (Å²) < 4.78 is 0. The van der Waals surface area contributed by atoms with Gasteiger partial charge in [-0.15, -0.1) is 11.8 Å². The summed E-state index contributed by atoms with van der Waals surface area (Å²) in [5.74, 6) is 0.00670. The normalized spacial score (nSPS) is 15.0. The topological polar surface area (TPSA) is 87.8 Å². The molecule has 0 saturated carbocycles. The smallest absolute Gasteiger partial charge is 0.255 e. The zero-order valence-corrected chi connectivity index (χ0v) is 14.5. The molecule has 2 aromatic rings. The van der Waals surface area contributed by atoms with E-state index in [-0.39, 0.29) is 23.5 Å². The minimum absolute atomic E-state index is 0.0832. The average molecular weight is 354 g/mol. The summed E-state index contributed by atoms with van der Waals surface area (Å²) in [4.78, 5) is 25.4. The number of hydrogen-bond donors (Lipinski definition) is 2. The van der Waals surface area contributed by atoms with Crippen molar-refractivity contribution in [2.45, 2.75) is 23.5 Å². The van der Waals surface area contributed by atoms with E-state index in [0.717, 1.165) is 4.90 Å². The third-order valence-corrected chi connectivity index (χ3v) is 4.72. The summed E-state index contributed by atoms with van der Waals surface area (Å²) in [7, 11) is 0. The molecule has 1 aliphatic rings. The number of carbonyl (C=O) groups is 2. The zero-order chi connectivity index (χ0) is 17.8. The average Bonchev–Trinajstić information content (AvgIpc) is 2.98. The van der Waals surface area contributed by atoms with Crippen molar-refractivity contribution in [3.05, 3.63) is 54.6 Å². The highest BCUT2D eigenvalue weighted by atomic mass is 32.2. The first kappa shape index (κ1) is 17.0. The number of rotatable bonds is 4. The number of nitrogens with two attached hydrogens (primary N) is 1. The maximum atomic E-state index is 12.4. The molecule has 1 heterocycles. The van der Waals surface area contributed by atoms with E-state index in [1.807, 2.05) is 37.3 Å². The van der Waals surface area contributed by atoms with Crippen molar-refractivity contribution in [1.82, 2.24) is 5.32 Å². The number of para-hydroxylation sites is 1. The van der Waals surface area contributed by atoms with E-state index in [9.17, 15) is 9.59 Å². The molecule has 0 radical (unpaired) electrons. The van der Waals surface area contributed by atoms with Gasteiger partial charge >= 0.3 is 0 Å². The first-order valence-electron chi connectivity index (χ1n) is 7.81. The van der Waals surface area contributed by atoms with E-state index < -0.39 is 0 Å². The van der Waals surface area contributed by atoms with Gasteiger partial charge in [-0.25, -0.2) is 0 Å². The molecule has 0 aliphatic carbocycles. The molecule has 1 unspecified atom stereocenters. The van der Waals surface area contributed by atoms with Crippen LogP contribution in [0.5, 0.6) is 0 Å². The fourth-order valence-electron chi connectivity index (χ4n) is 2.32. The SMILES string of the molecule is CC(Sc1ccc(N)cc1)C(=O)NC1=NN(c2ccccc2)C(=O)C1. The number of hydrazone groups is 1. The van der Waals surface area contributed by atoms with Crippen LogP contribution in [0.3, 0.4) is 0 Å². The second-order valence-electron chi connectivity index (χ2n) is 5.58. The first-order chi connectivity index (χ1) is 12.0. The van der Waals surface area contributed by atoms with Crippen LogP contribution in [0.2, 0.25) is 0 Å². The predicted octanol–water partition coefficient (Wildman–Crippen LogP) is 2.62. The molecule has 25 heavy (non-hydrogen) atoms. The Morgan fingerprint density at radius 1 is 1.20 bits per heavy atom. The Kier molecular flexibility index (Phi) is 5.04. The Bertz CT molecular complexity index is 806. The lowest BCUT2D eigenvalue weighted by molar-refractivity contribution is -0.118. The molecule has 0 fully saturated rings. The minimum Gasteiger partial charge on any atom is -0.399 e. The third-order valence-electron chi connectivity index (χ3n) is 3.61. The maximum Gasteiger partial charge on any atom is 0.255 e. The Hall–Kier alpha value is -2.80. The molecule has 2 aromatic carbocycles. The van der Waals surface area contributed by atoms with Crippen molar-refractivity contribution < 1.29 is 9.59 Å². The molecule has 3 rings (SSSR count). The second-order valence-corrected chi connectivity index (χ2v) is 7.00. The van der Waals surface area contributed by atoms with Crippen LogP contribution in [0.4, 0.5) is 11.4 Å². The van der Waals surface area contributed by atoms with Gasteiger partial charge in [0.25, 0.3) is 5.91 Å². The summed E-state index contributed by atoms with van der Waals surface area (Å²) in [6, 6.07) is 16.5. The molecule has 1 atom stereocenters. The largest absolute Gasteiger partial charge is 0.399 e. The molecule has 0 saturated heterocycles. The van der Waals surface area contributed by atoms with Gasteiger partial charge in [0.05, 0.1) is 17.4 Å². The molecule has 0 bridgehead atoms. The van der Waals surface area contributed by atoms with Gasteiger partial charge in [-0.2, -0.15) is 10.1 Å². The van der Waals surface area contributed by atoms with Crippen molar-refractivity contribution in [3.8, 4) is 0 Å². The lowest BCUT2D eigenvalue weighted by Gasteiger charge is -2.12. The fraction of sp³-hybridized carbons (Fsp3) is 0.167. The van der Waals surface area contributed by atoms with Gasteiger partial charge in [-0.05, 0) is 43.3 Å². The summed E-state index contributed by atoms with van der Waals surface area (Å²) in [6.07, 6.45) is 0.0832. The number of thioether (sulfide) groups is 1. The maximum absolute atomic E-state index is 12.4. The van der Waals surface area contributed by atoms with Crippen LogP contribution in [0.1, 0.15) is 13.3 Å². The van der Waals surface area contributed by atoms with Crippen molar-refractivity contribution in [1.29, 1.82) is 0 Å². The van der Waals surface area contributed by atoms with Crippen molar-refractivity contribution in [2.24, 2.45) is 5.10 Å². The summed E-state index contributed by atoms with van der Waals surface area (Å²) in [5, 5.41) is 7.95. The van der Waals surface area contributed by atoms with E-state index in [1.165, 1.54) is 16.8 Å². The Balaban J connectivity index is 1.62. The quantitative estimate of drug-likeness (QED) is 0.653. The van der Waals surface area contributed by atoms with Gasteiger partial charge in [0, 0.05) is 10.6 Å². The fourth-order valence-corrected chi connectivity index (χ4v) is 3.19. The molecule has 128 valence electrons. The van der Waals surface area contributed by atoms with Crippen LogP contribution in [-0.2, 0) is 9.59 Å². The van der Waals surface area contributed by atoms with Crippen LogP contribution >= 0.6 is 11.8 Å². The molecule has 0 spiro atoms. The van der Waals surface area contributed by atoms with E-state index in [0.29, 0.717) is 17.2 Å². The Labute approximate surface area is 150 Å². The number of nitrogen functional groups attached to an aromatic ring is 1. The second kappa shape index (κ2) is 7.40. The number of anilines is 2. The van der Waals surface area contributed by atoms with E-state index >= 15 is 0 Å². The summed E-state index contributed by atoms with van der Waals surface area (Å²) in [5.41, 5.74) is 7.02. The van der Waals surface area contributed by atoms with Gasteiger partial charge in [0.1, 0.15) is 5.84 Å². The number of amides is 2. The van der Waals surface area contributed by atoms with Crippen molar-refractivity contribution in [2.75, 3.05) is 10.7 Å². The van der Waals surface area contributed by atoms with Gasteiger partial charge in [0.2, 0.25) is 5.91 Å². The van der Waals surface area contributed by atoms with Gasteiger partial charge < -0.3 is 11.1 Å². The summed E-state index contributed by atoms with van der Waals surface area (Å²) >= 11 is 1.42. The molecule has 2 amide bonds. The van der Waals surface area contributed by atoms with Gasteiger partial charge in [-0.1, -0.05) is 18.2 Å². The Morgan fingerprint density at radius 3 is 2.56 bits per heavy atom. The van der Waals surface area contributed by atoms with Crippen LogP contribution in [0.25, 0.3) is 0 Å². The lowest BCUT2D eigenvalue weighted by atomic mass is 10.3. The molecular formula is C18H18N4O2S. The number of nitrogens with zero attached hydrogens (tertiary/aromatic N) is 2. The number of amidine groups is 1. The third kappa shape index (κ3) is 4.19. The van der Waals surface area contributed by atoms with Crippen molar-refractivity contribution >= 4 is 40.8 Å². The standard InChI is InChI=1S/C18H18N4O2S/c1-12(25-15-9-7-13(19)8-10-15)18(24)20-16-11-17(23)22(21-16)14-5-3-2-4-6-14/h2-10,12H,11,19H2,1H3,(H,20,21,24). The number of carbonyl (C=O) groups excluding carboxylic acids is 2. The number of benzene rings is 2. The number of nitrogens with one attached hydrogen (secondary N) is 1. The van der Waals surface area contributed by atoms with E-state index in [2.05, 4.69) is 10.4 Å². The monoisotopic (exact) mass is 354 g/mol. The predicted molar refractivity (Wildman–Crippen MR) is 100 cm³/mol. The molecule has 6 nitrogen and oxygen atoms in total. The molecule has 0 aromatic heterocycles. The number of hydrogen-bond acceptors (Lipinski definition) is 5. The van der Waals surface area contributed by atoms with Crippen molar-refractivity contribution in [3.63, 3.8) is 0 Å². The molecule has 7 heteroatoms. The highest BCUT2D eigenvalue weighted by Crippen LogP contribution is 2.24. The van der Waals surface area contributed by atoms with E-state index in [4.69, 9.17) is 5.73 Å². The van der Waals surface area contributed by atoms with E-state index in [1.54, 1.807) is 24.3 Å². The lowest BCUT2D eigenvalue weighted by Crippen LogP contribution is -2.35. The van der Waals surface area contributed by atoms with Crippen LogP contribution in [0, 0.1) is 0 Å². The molecule has 3 N–H and O–H groups in total. The van der Waals surface area contributed by atoms with Gasteiger partial charge in [0.15, 0.2) is 0 Å². The zero-order valence-electron chi connectivity index (χ0n) is 13.7. The summed E-state index contributed by atoms with van der Waals surface area (Å²) in [6.45, 7) is 1.81. The van der Waals surface area contributed by atoms with Crippen LogP contribution < -0.4 is 16.1 Å². The van der Waals surface area contributed by atoms with Gasteiger partial charge in [-0.3, -0.25) is 9.59 Å². The first-order valence-corrected chi connectivity index (χ1v) is 8.69. The molecular weight excluding hydrogens is 336 g/mol. The highest BCUT2D eigenvalue weighted by Gasteiger charge is 2.27. The highest BCUT2D eigenvalue weighted by molar-refractivity contribution is 8.00. The molecule has 1 aliphatic heterocycles. The van der Waals surface area contributed by atoms with Crippen LogP contribution in [0.15, 0.2) is 64.6 Å².